The van der Waals surface area contributed by atoms with Crippen LogP contribution in [0.2, 0.25) is 10.0 Å². The average molecular weight is 460 g/mol. The molecule has 1 aromatic heterocycles. The molecule has 0 saturated carbocycles. The Morgan fingerprint density at radius 3 is 2.48 bits per heavy atom. The van der Waals surface area contributed by atoms with Crippen LogP contribution in [-0.4, -0.2) is 43.9 Å². The normalized spacial score (nSPS) is 10.9. The molecule has 0 aliphatic carbocycles. The summed E-state index contributed by atoms with van der Waals surface area (Å²) in [6.07, 6.45) is 0.831. The number of carbonyl (C=O) groups excluding carboxylic acids is 2. The molecule has 2 N–H and O–H groups in total. The lowest BCUT2D eigenvalue weighted by Crippen LogP contribution is -2.28. The maximum Gasteiger partial charge on any atom is 0.291 e. The molecule has 0 unspecified atom stereocenters. The second kappa shape index (κ2) is 10.5. The Balaban J connectivity index is 1.69. The predicted octanol–water partition coefficient (Wildman–Crippen LogP) is 5.19. The summed E-state index contributed by atoms with van der Waals surface area (Å²) in [7, 11) is 3.96. The van der Waals surface area contributed by atoms with Crippen LogP contribution in [-0.2, 0) is 0 Å². The fraction of sp³-hybridized carbons (Fsp3) is 0.217. The Hall–Kier alpha value is -2.80. The first-order valence-electron chi connectivity index (χ1n) is 9.73. The number of para-hydroxylation sites is 1. The maximum absolute atomic E-state index is 12.7. The van der Waals surface area contributed by atoms with Gasteiger partial charge in [0.2, 0.25) is 0 Å². The molecule has 0 saturated heterocycles. The van der Waals surface area contributed by atoms with E-state index in [-0.39, 0.29) is 11.7 Å². The molecule has 0 aliphatic heterocycles. The quantitative estimate of drug-likeness (QED) is 0.454. The molecule has 162 valence electrons. The largest absolute Gasteiger partial charge is 0.451 e. The first-order chi connectivity index (χ1) is 14.8. The number of carbonyl (C=O) groups is 2. The molecule has 0 spiro atoms. The van der Waals surface area contributed by atoms with E-state index in [2.05, 4.69) is 15.5 Å². The van der Waals surface area contributed by atoms with Gasteiger partial charge in [-0.25, -0.2) is 0 Å². The van der Waals surface area contributed by atoms with E-state index in [9.17, 15) is 9.59 Å². The number of furan rings is 1. The minimum absolute atomic E-state index is 0.113. The molecule has 6 nitrogen and oxygen atoms in total. The highest BCUT2D eigenvalue weighted by Gasteiger charge is 2.17. The second-order valence-electron chi connectivity index (χ2n) is 7.21. The van der Waals surface area contributed by atoms with E-state index in [0.29, 0.717) is 39.2 Å². The SMILES string of the molecule is CN(C)CCCNC(=O)c1ccccc1NC(=O)c1ccc(-c2ccc(Cl)c(Cl)c2)o1. The topological polar surface area (TPSA) is 74.6 Å². The van der Waals surface area contributed by atoms with Crippen molar-refractivity contribution in [2.45, 2.75) is 6.42 Å². The van der Waals surface area contributed by atoms with E-state index in [1.807, 2.05) is 14.1 Å². The third kappa shape index (κ3) is 6.10. The zero-order valence-corrected chi connectivity index (χ0v) is 18.8. The highest BCUT2D eigenvalue weighted by molar-refractivity contribution is 6.42. The van der Waals surface area contributed by atoms with Gasteiger partial charge < -0.3 is 20.0 Å². The molecule has 3 aromatic rings. The van der Waals surface area contributed by atoms with Crippen LogP contribution < -0.4 is 10.6 Å². The highest BCUT2D eigenvalue weighted by atomic mass is 35.5. The number of rotatable bonds is 8. The van der Waals surface area contributed by atoms with Gasteiger partial charge in [0.1, 0.15) is 5.76 Å². The third-order valence-corrected chi connectivity index (χ3v) is 5.26. The smallest absolute Gasteiger partial charge is 0.291 e. The van der Waals surface area contributed by atoms with Crippen molar-refractivity contribution in [3.05, 3.63) is 76.0 Å². The summed E-state index contributed by atoms with van der Waals surface area (Å²) in [5.74, 6) is -0.109. The molecule has 8 heteroatoms. The van der Waals surface area contributed by atoms with Gasteiger partial charge >= 0.3 is 0 Å². The number of anilines is 1. The van der Waals surface area contributed by atoms with E-state index in [4.69, 9.17) is 27.6 Å². The minimum Gasteiger partial charge on any atom is -0.451 e. The number of hydrogen-bond acceptors (Lipinski definition) is 4. The van der Waals surface area contributed by atoms with Crippen LogP contribution in [0, 0.1) is 0 Å². The Labute approximate surface area is 191 Å². The fourth-order valence-electron chi connectivity index (χ4n) is 2.93. The minimum atomic E-state index is -0.459. The molecular formula is C23H23Cl2N3O3. The van der Waals surface area contributed by atoms with Crippen molar-refractivity contribution < 1.29 is 14.0 Å². The van der Waals surface area contributed by atoms with E-state index < -0.39 is 5.91 Å². The van der Waals surface area contributed by atoms with Crippen LogP contribution in [0.1, 0.15) is 27.3 Å². The van der Waals surface area contributed by atoms with Crippen molar-refractivity contribution in [3.63, 3.8) is 0 Å². The lowest BCUT2D eigenvalue weighted by Gasteiger charge is -2.12. The highest BCUT2D eigenvalue weighted by Crippen LogP contribution is 2.30. The molecular weight excluding hydrogens is 437 g/mol. The number of hydrogen-bond donors (Lipinski definition) is 2. The average Bonchev–Trinajstić information content (AvgIpc) is 3.24. The molecule has 2 amide bonds. The molecule has 0 bridgehead atoms. The van der Waals surface area contributed by atoms with Crippen molar-refractivity contribution in [1.82, 2.24) is 10.2 Å². The van der Waals surface area contributed by atoms with Crippen LogP contribution in [0.5, 0.6) is 0 Å². The molecule has 0 aliphatic rings. The van der Waals surface area contributed by atoms with E-state index in [1.54, 1.807) is 54.6 Å². The Morgan fingerprint density at radius 1 is 0.968 bits per heavy atom. The van der Waals surface area contributed by atoms with Gasteiger partial charge in [-0.3, -0.25) is 9.59 Å². The van der Waals surface area contributed by atoms with Crippen molar-refractivity contribution >= 4 is 40.7 Å². The van der Waals surface area contributed by atoms with Gasteiger partial charge in [0.15, 0.2) is 5.76 Å². The standard InChI is InChI=1S/C23H23Cl2N3O3/c1-28(2)13-5-12-26-22(29)16-6-3-4-7-19(16)27-23(30)21-11-10-20(31-21)15-8-9-17(24)18(25)14-15/h3-4,6-11,14H,5,12-13H2,1-2H3,(H,26,29)(H,27,30). The van der Waals surface area contributed by atoms with Gasteiger partial charge in [-0.1, -0.05) is 35.3 Å². The molecule has 0 radical (unpaired) electrons. The molecule has 2 aromatic carbocycles. The summed E-state index contributed by atoms with van der Waals surface area (Å²) in [6.45, 7) is 1.42. The Bertz CT molecular complexity index is 1080. The number of nitrogens with zero attached hydrogens (tertiary/aromatic N) is 1. The summed E-state index contributed by atoms with van der Waals surface area (Å²) in [4.78, 5) is 27.3. The van der Waals surface area contributed by atoms with Gasteiger partial charge in [-0.05, 0) is 69.5 Å². The lowest BCUT2D eigenvalue weighted by atomic mass is 10.1. The number of nitrogens with one attached hydrogen (secondary N) is 2. The van der Waals surface area contributed by atoms with Crippen LogP contribution in [0.4, 0.5) is 5.69 Å². The van der Waals surface area contributed by atoms with Crippen molar-refractivity contribution in [1.29, 1.82) is 0 Å². The van der Waals surface area contributed by atoms with Crippen LogP contribution in [0.15, 0.2) is 59.0 Å². The molecule has 0 atom stereocenters. The van der Waals surface area contributed by atoms with Gasteiger partial charge in [-0.2, -0.15) is 0 Å². The zero-order valence-electron chi connectivity index (χ0n) is 17.2. The van der Waals surface area contributed by atoms with Crippen molar-refractivity contribution in [3.8, 4) is 11.3 Å². The van der Waals surface area contributed by atoms with Crippen LogP contribution >= 0.6 is 23.2 Å². The molecule has 1 heterocycles. The summed E-state index contributed by atoms with van der Waals surface area (Å²) in [6, 6.07) is 15.2. The van der Waals surface area contributed by atoms with Crippen molar-refractivity contribution in [2.75, 3.05) is 32.5 Å². The molecule has 0 fully saturated rings. The number of halogens is 2. The first-order valence-corrected chi connectivity index (χ1v) is 10.5. The van der Waals surface area contributed by atoms with E-state index in [0.717, 1.165) is 13.0 Å². The Kier molecular flexibility index (Phi) is 7.74. The molecule has 31 heavy (non-hydrogen) atoms. The second-order valence-corrected chi connectivity index (χ2v) is 8.02. The van der Waals surface area contributed by atoms with Crippen LogP contribution in [0.3, 0.4) is 0 Å². The zero-order chi connectivity index (χ0) is 22.4. The van der Waals surface area contributed by atoms with Gasteiger partial charge in [0, 0.05) is 12.1 Å². The predicted molar refractivity (Wildman–Crippen MR) is 124 cm³/mol. The summed E-state index contributed by atoms with van der Waals surface area (Å²) in [5, 5.41) is 6.46. The van der Waals surface area contributed by atoms with Crippen molar-refractivity contribution in [2.24, 2.45) is 0 Å². The third-order valence-electron chi connectivity index (χ3n) is 4.52. The summed E-state index contributed by atoms with van der Waals surface area (Å²) in [5.41, 5.74) is 1.49. The maximum atomic E-state index is 12.7. The number of amides is 2. The summed E-state index contributed by atoms with van der Waals surface area (Å²) >= 11 is 12.0. The monoisotopic (exact) mass is 459 g/mol. The molecule has 3 rings (SSSR count). The fourth-order valence-corrected chi connectivity index (χ4v) is 3.23. The first kappa shape index (κ1) is 22.9. The van der Waals surface area contributed by atoms with E-state index >= 15 is 0 Å². The lowest BCUT2D eigenvalue weighted by molar-refractivity contribution is 0.0953. The number of benzene rings is 2. The van der Waals surface area contributed by atoms with Gasteiger partial charge in [0.05, 0.1) is 21.3 Å². The summed E-state index contributed by atoms with van der Waals surface area (Å²) < 4.78 is 5.68. The van der Waals surface area contributed by atoms with Crippen LogP contribution in [0.25, 0.3) is 11.3 Å². The van der Waals surface area contributed by atoms with Gasteiger partial charge in [-0.15, -0.1) is 0 Å². The van der Waals surface area contributed by atoms with Gasteiger partial charge in [0.25, 0.3) is 11.8 Å². The Morgan fingerprint density at radius 2 is 1.74 bits per heavy atom. The van der Waals surface area contributed by atoms with E-state index in [1.165, 1.54) is 0 Å².